The lowest BCUT2D eigenvalue weighted by molar-refractivity contribution is -0.139. The number of amides is 2. The molecule has 0 saturated carbocycles. The van der Waals surface area contributed by atoms with Gasteiger partial charge in [-0.15, -0.1) is 11.8 Å². The average molecular weight is 470 g/mol. The first-order valence-electron chi connectivity index (χ1n) is 10.7. The summed E-state index contributed by atoms with van der Waals surface area (Å²) in [6.07, 6.45) is 3.39. The zero-order chi connectivity index (χ0) is 22.6. The molecule has 2 amide bonds. The Hall–Kier alpha value is -1.78. The van der Waals surface area contributed by atoms with Gasteiger partial charge < -0.3 is 15.0 Å². The number of nitrogens with one attached hydrogen (secondary N) is 1. The van der Waals surface area contributed by atoms with Crippen LogP contribution < -0.4 is 10.1 Å². The van der Waals surface area contributed by atoms with E-state index in [0.717, 1.165) is 19.3 Å². The molecule has 31 heavy (non-hydrogen) atoms. The maximum absolute atomic E-state index is 13.2. The number of piperidine rings is 1. The van der Waals surface area contributed by atoms with Crippen molar-refractivity contribution >= 4 is 39.3 Å². The summed E-state index contributed by atoms with van der Waals surface area (Å²) in [5, 5.41) is 2.81. The van der Waals surface area contributed by atoms with Gasteiger partial charge in [-0.1, -0.05) is 20.3 Å². The number of rotatable bonds is 7. The summed E-state index contributed by atoms with van der Waals surface area (Å²) >= 11 is 1.54. The first kappa shape index (κ1) is 23.9. The van der Waals surface area contributed by atoms with Gasteiger partial charge in [-0.3, -0.25) is 9.59 Å². The van der Waals surface area contributed by atoms with Gasteiger partial charge in [-0.2, -0.15) is 4.31 Å². The number of benzene rings is 1. The zero-order valence-corrected chi connectivity index (χ0v) is 19.9. The summed E-state index contributed by atoms with van der Waals surface area (Å²) in [6.45, 7) is 4.77. The van der Waals surface area contributed by atoms with E-state index in [-0.39, 0.29) is 28.4 Å². The van der Waals surface area contributed by atoms with Crippen molar-refractivity contribution in [3.05, 3.63) is 18.2 Å². The second-order valence-electron chi connectivity index (χ2n) is 7.95. The number of nitrogens with zero attached hydrogens (tertiary/aromatic N) is 2. The molecular weight excluding hydrogens is 438 g/mol. The molecule has 2 aliphatic rings. The standard InChI is InChI=1S/C21H31N3O5S2/c1-4-15(2)21(26)24-14-30-13-17(24)20(25)22-16-8-9-18(29-3)19(12-16)31(27,28)23-10-6-5-7-11-23/h8-9,12,15,17H,4-7,10-11,13-14H2,1-3H3,(H,22,25)/t15-,17-/m1/s1. The first-order chi connectivity index (χ1) is 14.8. The molecule has 0 radical (unpaired) electrons. The van der Waals surface area contributed by atoms with Crippen LogP contribution in [0.2, 0.25) is 0 Å². The molecule has 2 heterocycles. The maximum Gasteiger partial charge on any atom is 0.248 e. The van der Waals surface area contributed by atoms with Gasteiger partial charge in [0.2, 0.25) is 21.8 Å². The van der Waals surface area contributed by atoms with E-state index < -0.39 is 16.1 Å². The molecule has 1 aromatic rings. The molecule has 0 spiro atoms. The topological polar surface area (TPSA) is 96.0 Å². The van der Waals surface area contributed by atoms with E-state index in [1.54, 1.807) is 17.0 Å². The smallest absolute Gasteiger partial charge is 0.248 e. The van der Waals surface area contributed by atoms with Gasteiger partial charge in [0.1, 0.15) is 16.7 Å². The fourth-order valence-corrected chi connectivity index (χ4v) is 6.62. The summed E-state index contributed by atoms with van der Waals surface area (Å²) in [6, 6.07) is 4.05. The quantitative estimate of drug-likeness (QED) is 0.660. The highest BCUT2D eigenvalue weighted by molar-refractivity contribution is 7.99. The summed E-state index contributed by atoms with van der Waals surface area (Å²) < 4.78 is 33.1. The predicted octanol–water partition coefficient (Wildman–Crippen LogP) is 2.76. The molecule has 10 heteroatoms. The van der Waals surface area contributed by atoms with Crippen LogP contribution in [0.5, 0.6) is 5.75 Å². The second-order valence-corrected chi connectivity index (χ2v) is 10.9. The van der Waals surface area contributed by atoms with Gasteiger partial charge >= 0.3 is 0 Å². The lowest BCUT2D eigenvalue weighted by Gasteiger charge is -2.27. The van der Waals surface area contributed by atoms with E-state index in [4.69, 9.17) is 4.74 Å². The number of carbonyl (C=O) groups excluding carboxylic acids is 2. The number of hydrogen-bond acceptors (Lipinski definition) is 6. The summed E-state index contributed by atoms with van der Waals surface area (Å²) in [4.78, 5) is 27.2. The number of methoxy groups -OCH3 is 1. The van der Waals surface area contributed by atoms with E-state index >= 15 is 0 Å². The van der Waals surface area contributed by atoms with Crippen LogP contribution in [0.25, 0.3) is 0 Å². The van der Waals surface area contributed by atoms with Crippen LogP contribution in [0.3, 0.4) is 0 Å². The van der Waals surface area contributed by atoms with E-state index in [0.29, 0.717) is 36.8 Å². The van der Waals surface area contributed by atoms with Gasteiger partial charge in [0.05, 0.1) is 13.0 Å². The van der Waals surface area contributed by atoms with Gasteiger partial charge in [0, 0.05) is 30.4 Å². The van der Waals surface area contributed by atoms with Crippen LogP contribution in [0, 0.1) is 5.92 Å². The van der Waals surface area contributed by atoms with Crippen LogP contribution in [0.15, 0.2) is 23.1 Å². The van der Waals surface area contributed by atoms with Crippen molar-refractivity contribution in [1.82, 2.24) is 9.21 Å². The molecule has 0 unspecified atom stereocenters. The highest BCUT2D eigenvalue weighted by Crippen LogP contribution is 2.32. The zero-order valence-electron chi connectivity index (χ0n) is 18.3. The Bertz CT molecular complexity index is 916. The SMILES string of the molecule is CC[C@@H](C)C(=O)N1CSC[C@@H]1C(=O)Nc1ccc(OC)c(S(=O)(=O)N2CCCCC2)c1. The molecule has 1 N–H and O–H groups in total. The Balaban J connectivity index is 1.81. The number of carbonyl (C=O) groups is 2. The fraction of sp³-hybridized carbons (Fsp3) is 0.619. The molecule has 2 fully saturated rings. The molecule has 2 aliphatic heterocycles. The molecule has 1 aromatic carbocycles. The Morgan fingerprint density at radius 3 is 2.61 bits per heavy atom. The van der Waals surface area contributed by atoms with Crippen molar-refractivity contribution in [3.63, 3.8) is 0 Å². The predicted molar refractivity (Wildman–Crippen MR) is 122 cm³/mol. The van der Waals surface area contributed by atoms with Crippen LogP contribution in [0.1, 0.15) is 39.5 Å². The molecule has 2 saturated heterocycles. The molecular formula is C21H31N3O5S2. The van der Waals surface area contributed by atoms with Crippen molar-refractivity contribution in [2.24, 2.45) is 5.92 Å². The van der Waals surface area contributed by atoms with Crippen LogP contribution in [-0.2, 0) is 19.6 Å². The van der Waals surface area contributed by atoms with Crippen molar-refractivity contribution in [2.45, 2.75) is 50.5 Å². The highest BCUT2D eigenvalue weighted by Gasteiger charge is 2.36. The lowest BCUT2D eigenvalue weighted by Crippen LogP contribution is -2.46. The summed E-state index contributed by atoms with van der Waals surface area (Å²) in [5.41, 5.74) is 0.370. The van der Waals surface area contributed by atoms with Crippen molar-refractivity contribution in [2.75, 3.05) is 37.1 Å². The first-order valence-corrected chi connectivity index (χ1v) is 13.3. The Kier molecular flexibility index (Phi) is 7.87. The normalized spacial score (nSPS) is 21.0. The summed E-state index contributed by atoms with van der Waals surface area (Å²) in [5.74, 6) is 0.760. The van der Waals surface area contributed by atoms with E-state index in [2.05, 4.69) is 5.32 Å². The summed E-state index contributed by atoms with van der Waals surface area (Å²) in [7, 11) is -2.31. The monoisotopic (exact) mass is 469 g/mol. The molecule has 0 bridgehead atoms. The van der Waals surface area contributed by atoms with Crippen molar-refractivity contribution in [3.8, 4) is 5.75 Å². The third-order valence-electron chi connectivity index (χ3n) is 5.87. The molecule has 8 nitrogen and oxygen atoms in total. The largest absolute Gasteiger partial charge is 0.495 e. The van der Waals surface area contributed by atoms with Gasteiger partial charge in [0.25, 0.3) is 0 Å². The van der Waals surface area contributed by atoms with Gasteiger partial charge in [0.15, 0.2) is 0 Å². The molecule has 0 aliphatic carbocycles. The minimum absolute atomic E-state index is 0.0317. The maximum atomic E-state index is 13.2. The number of ether oxygens (including phenoxy) is 1. The van der Waals surface area contributed by atoms with E-state index in [9.17, 15) is 18.0 Å². The Morgan fingerprint density at radius 2 is 1.97 bits per heavy atom. The van der Waals surface area contributed by atoms with Crippen molar-refractivity contribution < 1.29 is 22.7 Å². The minimum atomic E-state index is -3.73. The fourth-order valence-electron chi connectivity index (χ4n) is 3.76. The highest BCUT2D eigenvalue weighted by atomic mass is 32.2. The van der Waals surface area contributed by atoms with Gasteiger partial charge in [-0.05, 0) is 37.5 Å². The average Bonchev–Trinajstić information content (AvgIpc) is 3.28. The second kappa shape index (κ2) is 10.2. The number of hydrogen-bond donors (Lipinski definition) is 1. The Labute approximate surface area is 188 Å². The van der Waals surface area contributed by atoms with Gasteiger partial charge in [-0.25, -0.2) is 8.42 Å². The van der Waals surface area contributed by atoms with Crippen molar-refractivity contribution in [1.29, 1.82) is 0 Å². The number of anilines is 1. The van der Waals surface area contributed by atoms with E-state index in [1.165, 1.54) is 29.2 Å². The third kappa shape index (κ3) is 5.18. The molecule has 0 aromatic heterocycles. The molecule has 172 valence electrons. The third-order valence-corrected chi connectivity index (χ3v) is 8.80. The number of thioether (sulfide) groups is 1. The number of sulfonamides is 1. The minimum Gasteiger partial charge on any atom is -0.495 e. The lowest BCUT2D eigenvalue weighted by atomic mass is 10.1. The Morgan fingerprint density at radius 1 is 1.26 bits per heavy atom. The molecule has 3 rings (SSSR count). The van der Waals surface area contributed by atoms with Crippen LogP contribution in [-0.4, -0.2) is 67.3 Å². The molecule has 2 atom stereocenters. The van der Waals surface area contributed by atoms with E-state index in [1.807, 2.05) is 13.8 Å². The van der Waals surface area contributed by atoms with Crippen LogP contribution in [0.4, 0.5) is 5.69 Å². The van der Waals surface area contributed by atoms with Crippen LogP contribution >= 0.6 is 11.8 Å².